The van der Waals surface area contributed by atoms with E-state index in [9.17, 15) is 17.6 Å². The summed E-state index contributed by atoms with van der Waals surface area (Å²) >= 11 is 0. The molecule has 0 saturated heterocycles. The molecule has 0 unspecified atom stereocenters. The molecule has 3 N–H and O–H groups in total. The van der Waals surface area contributed by atoms with Gasteiger partial charge in [-0.25, -0.2) is 32.2 Å². The van der Waals surface area contributed by atoms with Gasteiger partial charge in [-0.1, -0.05) is 13.0 Å². The molecule has 0 saturated carbocycles. The smallest absolute Gasteiger partial charge is 0.224 e. The molecule has 1 amide bonds. The fourth-order valence-corrected chi connectivity index (χ4v) is 5.56. The topological polar surface area (TPSA) is 159 Å². The lowest BCUT2D eigenvalue weighted by molar-refractivity contribution is -0.116. The normalized spacial score (nSPS) is 11.8. The first kappa shape index (κ1) is 29.0. The molecule has 0 spiro atoms. The van der Waals surface area contributed by atoms with E-state index in [4.69, 9.17) is 0 Å². The molecule has 0 bridgehead atoms. The summed E-state index contributed by atoms with van der Waals surface area (Å²) in [4.78, 5) is 32.6. The highest BCUT2D eigenvalue weighted by molar-refractivity contribution is 7.90. The number of benzene rings is 1. The van der Waals surface area contributed by atoms with Gasteiger partial charge in [-0.3, -0.25) is 14.9 Å². The molecule has 14 heteroatoms. The number of anilines is 1. The number of hydrogen-bond donors (Lipinski definition) is 3. The molecule has 0 atom stereocenters. The number of aromatic amines is 2. The molecule has 0 fully saturated rings. The minimum Gasteiger partial charge on any atom is -0.335 e. The number of fused-ring (bicyclic) bond motifs is 2. The highest BCUT2D eigenvalue weighted by atomic mass is 32.2. The van der Waals surface area contributed by atoms with E-state index in [-0.39, 0.29) is 46.2 Å². The fraction of sp³-hybridized carbons (Fsp3) is 0.200. The van der Waals surface area contributed by atoms with Gasteiger partial charge >= 0.3 is 0 Å². The van der Waals surface area contributed by atoms with Crippen LogP contribution in [0.2, 0.25) is 0 Å². The van der Waals surface area contributed by atoms with E-state index in [0.29, 0.717) is 51.9 Å². The summed E-state index contributed by atoms with van der Waals surface area (Å²) in [6.45, 7) is 1.90. The second-order valence-corrected chi connectivity index (χ2v) is 12.7. The van der Waals surface area contributed by atoms with Crippen molar-refractivity contribution in [2.24, 2.45) is 0 Å². The van der Waals surface area contributed by atoms with Gasteiger partial charge in [0.15, 0.2) is 17.1 Å². The Morgan fingerprint density at radius 3 is 2.64 bits per heavy atom. The number of carbonyl (C=O) groups excluding carboxylic acids is 1. The quantitative estimate of drug-likeness (QED) is 0.199. The van der Waals surface area contributed by atoms with Crippen LogP contribution in [-0.2, 0) is 21.1 Å². The number of rotatable bonds is 9. The van der Waals surface area contributed by atoms with Crippen LogP contribution in [0.3, 0.4) is 0 Å². The van der Waals surface area contributed by atoms with Crippen LogP contribution in [0.25, 0.3) is 56.0 Å². The summed E-state index contributed by atoms with van der Waals surface area (Å²) < 4.78 is 54.1. The number of pyridine rings is 3. The van der Waals surface area contributed by atoms with Crippen molar-refractivity contribution in [2.75, 3.05) is 17.3 Å². The van der Waals surface area contributed by atoms with E-state index in [1.807, 2.05) is 6.92 Å². The number of imidazole rings is 1. The lowest BCUT2D eigenvalue weighted by Gasteiger charge is -2.08. The Morgan fingerprint density at radius 2 is 1.84 bits per heavy atom. The van der Waals surface area contributed by atoms with Crippen LogP contribution >= 0.6 is 0 Å². The van der Waals surface area contributed by atoms with Crippen molar-refractivity contribution < 1.29 is 22.0 Å². The van der Waals surface area contributed by atoms with Gasteiger partial charge in [-0.15, -0.1) is 0 Å². The van der Waals surface area contributed by atoms with Crippen LogP contribution in [0.4, 0.5) is 14.5 Å². The van der Waals surface area contributed by atoms with Gasteiger partial charge in [0.25, 0.3) is 0 Å². The zero-order valence-corrected chi connectivity index (χ0v) is 24.5. The number of nitrogens with one attached hydrogen (secondary N) is 3. The summed E-state index contributed by atoms with van der Waals surface area (Å²) in [5.74, 6) is -1.18. The zero-order chi connectivity index (χ0) is 31.0. The van der Waals surface area contributed by atoms with E-state index in [1.54, 1.807) is 18.2 Å². The van der Waals surface area contributed by atoms with Gasteiger partial charge in [-0.2, -0.15) is 5.10 Å². The van der Waals surface area contributed by atoms with E-state index in [2.05, 4.69) is 40.4 Å². The molecule has 0 aliphatic heterocycles. The molecule has 5 heterocycles. The Bertz CT molecular complexity index is 2160. The van der Waals surface area contributed by atoms with Gasteiger partial charge in [0.05, 0.1) is 28.5 Å². The minimum absolute atomic E-state index is 0.0809. The van der Waals surface area contributed by atoms with Crippen molar-refractivity contribution in [3.05, 3.63) is 72.3 Å². The average Bonchev–Trinajstić information content (AvgIpc) is 3.61. The van der Waals surface area contributed by atoms with Gasteiger partial charge in [0.1, 0.15) is 27.2 Å². The molecule has 224 valence electrons. The van der Waals surface area contributed by atoms with Crippen molar-refractivity contribution in [3.63, 3.8) is 0 Å². The third-order valence-corrected chi connectivity index (χ3v) is 7.93. The number of hydrogen-bond acceptors (Lipinski definition) is 8. The Kier molecular flexibility index (Phi) is 7.59. The van der Waals surface area contributed by atoms with Crippen LogP contribution in [0.5, 0.6) is 0 Å². The predicted molar refractivity (Wildman–Crippen MR) is 162 cm³/mol. The summed E-state index contributed by atoms with van der Waals surface area (Å²) in [6.07, 6.45) is 8.15. The first-order chi connectivity index (χ1) is 21.1. The van der Waals surface area contributed by atoms with Crippen molar-refractivity contribution >= 4 is 43.6 Å². The van der Waals surface area contributed by atoms with Crippen molar-refractivity contribution in [2.45, 2.75) is 26.2 Å². The van der Waals surface area contributed by atoms with Crippen LogP contribution in [-0.4, -0.2) is 61.5 Å². The maximum absolute atomic E-state index is 16.1. The SMILES string of the molecule is CCCC(=O)Nc1cncc(-c2cnc3n[nH]c(-c4nc5nccc(-c6cc(F)cc(CCS(C)(=O)=O)c6)c5[nH]4)c3c2F)c1. The van der Waals surface area contributed by atoms with Crippen molar-refractivity contribution in [1.29, 1.82) is 0 Å². The van der Waals surface area contributed by atoms with E-state index in [0.717, 1.165) is 6.26 Å². The fourth-order valence-electron chi connectivity index (χ4n) is 4.95. The summed E-state index contributed by atoms with van der Waals surface area (Å²) in [5, 5.41) is 9.80. The summed E-state index contributed by atoms with van der Waals surface area (Å²) in [5.41, 5.74) is 3.70. The number of carbonyl (C=O) groups is 1. The molecule has 0 aliphatic rings. The van der Waals surface area contributed by atoms with Gasteiger partial charge < -0.3 is 10.3 Å². The second-order valence-electron chi connectivity index (χ2n) is 10.4. The molecule has 0 radical (unpaired) electrons. The molecule has 6 aromatic rings. The van der Waals surface area contributed by atoms with Gasteiger partial charge in [-0.05, 0) is 48.2 Å². The molecular weight excluding hydrogens is 590 g/mol. The van der Waals surface area contributed by atoms with Crippen LogP contribution in [0.1, 0.15) is 25.3 Å². The number of sulfone groups is 1. The first-order valence-corrected chi connectivity index (χ1v) is 15.8. The number of halogens is 2. The molecule has 5 aromatic heterocycles. The highest BCUT2D eigenvalue weighted by Crippen LogP contribution is 2.35. The van der Waals surface area contributed by atoms with E-state index in [1.165, 1.54) is 36.9 Å². The predicted octanol–water partition coefficient (Wildman–Crippen LogP) is 5.23. The summed E-state index contributed by atoms with van der Waals surface area (Å²) in [7, 11) is -3.23. The number of nitrogens with zero attached hydrogens (tertiary/aromatic N) is 5. The van der Waals surface area contributed by atoms with E-state index < -0.39 is 21.5 Å². The molecular formula is C30H26F2N8O3S. The highest BCUT2D eigenvalue weighted by Gasteiger charge is 2.22. The molecule has 1 aromatic carbocycles. The number of aromatic nitrogens is 7. The third kappa shape index (κ3) is 5.88. The molecule has 44 heavy (non-hydrogen) atoms. The lowest BCUT2D eigenvalue weighted by Crippen LogP contribution is -2.10. The standard InChI is InChI=1S/C30H26F2N8O3S/c1-3-4-23(41)36-20-12-18(13-33-14-20)22-15-35-28-24(25(22)32)27(39-40-28)30-37-26-21(5-7-34-29(26)38-30)17-9-16(10-19(31)11-17)6-8-44(2,42)43/h5,7,9-15H,3-4,6,8H2,1-2H3,(H,36,41)(H,34,37,38)(H,35,39,40). The Hall–Kier alpha value is -5.11. The van der Waals surface area contributed by atoms with Crippen LogP contribution in [0.15, 0.2) is 55.1 Å². The maximum atomic E-state index is 16.1. The summed E-state index contributed by atoms with van der Waals surface area (Å²) in [6, 6.07) is 7.67. The maximum Gasteiger partial charge on any atom is 0.224 e. The molecule has 0 aliphatic carbocycles. The minimum atomic E-state index is -3.23. The lowest BCUT2D eigenvalue weighted by atomic mass is 10.0. The van der Waals surface area contributed by atoms with Crippen LogP contribution < -0.4 is 5.32 Å². The zero-order valence-electron chi connectivity index (χ0n) is 23.6. The number of H-pyrrole nitrogens is 2. The number of aryl methyl sites for hydroxylation is 1. The van der Waals surface area contributed by atoms with E-state index >= 15 is 4.39 Å². The average molecular weight is 617 g/mol. The van der Waals surface area contributed by atoms with Crippen molar-refractivity contribution in [1.82, 2.24) is 35.1 Å². The molecule has 11 nitrogen and oxygen atoms in total. The van der Waals surface area contributed by atoms with Gasteiger partial charge in [0.2, 0.25) is 5.91 Å². The first-order valence-electron chi connectivity index (χ1n) is 13.7. The monoisotopic (exact) mass is 616 g/mol. The van der Waals surface area contributed by atoms with Crippen LogP contribution in [0, 0.1) is 11.6 Å². The largest absolute Gasteiger partial charge is 0.335 e. The Balaban J connectivity index is 1.40. The second kappa shape index (κ2) is 11.5. The Labute approximate surface area is 250 Å². The van der Waals surface area contributed by atoms with Gasteiger partial charge in [0, 0.05) is 48.0 Å². The van der Waals surface area contributed by atoms with Crippen molar-refractivity contribution in [3.8, 4) is 33.8 Å². The molecule has 6 rings (SSSR count). The Morgan fingerprint density at radius 1 is 1.00 bits per heavy atom. The third-order valence-electron chi connectivity index (χ3n) is 6.99. The number of amides is 1.